The van der Waals surface area contributed by atoms with E-state index in [4.69, 9.17) is 10.00 Å². The van der Waals surface area contributed by atoms with Gasteiger partial charge in [-0.05, 0) is 24.6 Å². The molecule has 0 atom stereocenters. The summed E-state index contributed by atoms with van der Waals surface area (Å²) in [5.74, 6) is -2.37. The van der Waals surface area contributed by atoms with Crippen molar-refractivity contribution in [3.63, 3.8) is 0 Å². The van der Waals surface area contributed by atoms with E-state index in [0.717, 1.165) is 24.6 Å². The Hall–Kier alpha value is -2.22. The molecule has 0 spiro atoms. The summed E-state index contributed by atoms with van der Waals surface area (Å²) in [5, 5.41) is 8.84. The van der Waals surface area contributed by atoms with Gasteiger partial charge in [0.2, 0.25) is 0 Å². The number of hydrogen-bond donors (Lipinski definition) is 0. The molecule has 1 aromatic carbocycles. The van der Waals surface area contributed by atoms with Gasteiger partial charge >= 0.3 is 5.97 Å². The maximum absolute atomic E-state index is 13.4. The second-order valence-corrected chi connectivity index (χ2v) is 3.83. The zero-order chi connectivity index (χ0) is 14.3. The van der Waals surface area contributed by atoms with E-state index in [1.165, 1.54) is 0 Å². The Morgan fingerprint density at radius 1 is 1.47 bits per heavy atom. The third-order valence-electron chi connectivity index (χ3n) is 2.33. The monoisotopic (exact) mass is 265 g/mol. The maximum Gasteiger partial charge on any atom is 0.348 e. The van der Waals surface area contributed by atoms with Crippen molar-refractivity contribution in [2.45, 2.75) is 19.8 Å². The highest BCUT2D eigenvalue weighted by Gasteiger charge is 2.12. The number of nitrogens with zero attached hydrogens (tertiary/aromatic N) is 1. The largest absolute Gasteiger partial charge is 0.462 e. The van der Waals surface area contributed by atoms with Crippen LogP contribution in [0.25, 0.3) is 6.08 Å². The van der Waals surface area contributed by atoms with Crippen LogP contribution in [0.15, 0.2) is 23.8 Å². The van der Waals surface area contributed by atoms with Crippen LogP contribution >= 0.6 is 0 Å². The first-order chi connectivity index (χ1) is 9.08. The average molecular weight is 265 g/mol. The lowest BCUT2D eigenvalue weighted by molar-refractivity contribution is -0.138. The van der Waals surface area contributed by atoms with Crippen LogP contribution in [0.1, 0.15) is 25.3 Å². The maximum atomic E-state index is 13.4. The van der Waals surface area contributed by atoms with E-state index in [2.05, 4.69) is 0 Å². The highest BCUT2D eigenvalue weighted by Crippen LogP contribution is 2.14. The van der Waals surface area contributed by atoms with E-state index in [9.17, 15) is 13.6 Å². The van der Waals surface area contributed by atoms with Gasteiger partial charge in [0, 0.05) is 11.6 Å². The first kappa shape index (κ1) is 14.8. The van der Waals surface area contributed by atoms with Crippen LogP contribution < -0.4 is 0 Å². The van der Waals surface area contributed by atoms with E-state index in [-0.39, 0.29) is 17.7 Å². The lowest BCUT2D eigenvalue weighted by Gasteiger charge is -2.03. The van der Waals surface area contributed by atoms with Crippen LogP contribution in [0.4, 0.5) is 8.78 Å². The van der Waals surface area contributed by atoms with Crippen molar-refractivity contribution < 1.29 is 18.3 Å². The molecule has 100 valence electrons. The molecule has 0 aliphatic heterocycles. The number of hydrogen-bond acceptors (Lipinski definition) is 3. The zero-order valence-corrected chi connectivity index (χ0v) is 10.5. The molecule has 0 bridgehead atoms. The van der Waals surface area contributed by atoms with Crippen molar-refractivity contribution in [1.82, 2.24) is 0 Å². The molecular weight excluding hydrogens is 252 g/mol. The predicted molar refractivity (Wildman–Crippen MR) is 65.8 cm³/mol. The molecule has 0 fully saturated rings. The zero-order valence-electron chi connectivity index (χ0n) is 10.5. The summed E-state index contributed by atoms with van der Waals surface area (Å²) in [6.07, 6.45) is 2.59. The van der Waals surface area contributed by atoms with Crippen molar-refractivity contribution in [3.8, 4) is 6.07 Å². The van der Waals surface area contributed by atoms with Crippen molar-refractivity contribution in [2.75, 3.05) is 6.61 Å². The molecule has 0 saturated heterocycles. The summed E-state index contributed by atoms with van der Waals surface area (Å²) in [4.78, 5) is 11.5. The number of halogens is 2. The normalized spacial score (nSPS) is 10.9. The fourth-order valence-corrected chi connectivity index (χ4v) is 1.30. The molecule has 0 amide bonds. The molecule has 0 aromatic heterocycles. The van der Waals surface area contributed by atoms with Crippen LogP contribution in [0.5, 0.6) is 0 Å². The van der Waals surface area contributed by atoms with Crippen molar-refractivity contribution in [2.24, 2.45) is 0 Å². The quantitative estimate of drug-likeness (QED) is 0.355. The second-order valence-electron chi connectivity index (χ2n) is 3.83. The summed E-state index contributed by atoms with van der Waals surface area (Å²) >= 11 is 0. The number of rotatable bonds is 5. The first-order valence-electron chi connectivity index (χ1n) is 5.82. The molecule has 19 heavy (non-hydrogen) atoms. The minimum Gasteiger partial charge on any atom is -0.462 e. The minimum atomic E-state index is -0.839. The summed E-state index contributed by atoms with van der Waals surface area (Å²) < 4.78 is 30.9. The first-order valence-corrected chi connectivity index (χ1v) is 5.82. The molecule has 1 rings (SSSR count). The molecule has 0 aliphatic rings. The minimum absolute atomic E-state index is 0.0367. The third kappa shape index (κ3) is 4.51. The number of unbranched alkanes of at least 4 members (excludes halogenated alkanes) is 1. The van der Waals surface area contributed by atoms with Crippen LogP contribution in [0, 0.1) is 23.0 Å². The Morgan fingerprint density at radius 3 is 2.79 bits per heavy atom. The SMILES string of the molecule is CCCCOC(=O)/C(C#N)=C\c1ccc(F)cc1F. The molecule has 0 aliphatic carbocycles. The fourth-order valence-electron chi connectivity index (χ4n) is 1.30. The van der Waals surface area contributed by atoms with Gasteiger partial charge in [-0.2, -0.15) is 5.26 Å². The molecule has 1 aromatic rings. The Kier molecular flexibility index (Phi) is 5.68. The van der Waals surface area contributed by atoms with E-state index in [0.29, 0.717) is 12.5 Å². The number of ether oxygens (including phenoxy) is 1. The molecule has 5 heteroatoms. The third-order valence-corrected chi connectivity index (χ3v) is 2.33. The van der Waals surface area contributed by atoms with Crippen LogP contribution in [-0.4, -0.2) is 12.6 Å². The van der Waals surface area contributed by atoms with Gasteiger partial charge in [-0.15, -0.1) is 0 Å². The van der Waals surface area contributed by atoms with Gasteiger partial charge in [0.05, 0.1) is 6.61 Å². The molecule has 0 radical (unpaired) electrons. The van der Waals surface area contributed by atoms with Crippen LogP contribution in [-0.2, 0) is 9.53 Å². The lowest BCUT2D eigenvalue weighted by Crippen LogP contribution is -2.08. The van der Waals surface area contributed by atoms with Crippen LogP contribution in [0.2, 0.25) is 0 Å². The van der Waals surface area contributed by atoms with E-state index in [1.54, 1.807) is 6.07 Å². The molecular formula is C14H13F2NO2. The van der Waals surface area contributed by atoms with Crippen LogP contribution in [0.3, 0.4) is 0 Å². The molecule has 0 heterocycles. The van der Waals surface area contributed by atoms with Gasteiger partial charge in [0.25, 0.3) is 0 Å². The summed E-state index contributed by atoms with van der Waals surface area (Å²) in [6, 6.07) is 4.53. The topological polar surface area (TPSA) is 50.1 Å². The van der Waals surface area contributed by atoms with Crippen molar-refractivity contribution >= 4 is 12.0 Å². The van der Waals surface area contributed by atoms with Gasteiger partial charge in [0.1, 0.15) is 23.3 Å². The van der Waals surface area contributed by atoms with Crippen molar-refractivity contribution in [3.05, 3.63) is 41.0 Å². The van der Waals surface area contributed by atoms with Crippen molar-refractivity contribution in [1.29, 1.82) is 5.26 Å². The Morgan fingerprint density at radius 2 is 2.21 bits per heavy atom. The summed E-state index contributed by atoms with van der Waals surface area (Å²) in [5.41, 5.74) is -0.355. The number of nitriles is 1. The predicted octanol–water partition coefficient (Wildman–Crippen LogP) is 3.22. The molecule has 0 unspecified atom stereocenters. The number of carbonyl (C=O) groups excluding carboxylic acids is 1. The van der Waals surface area contributed by atoms with Gasteiger partial charge in [-0.3, -0.25) is 0 Å². The highest BCUT2D eigenvalue weighted by molar-refractivity contribution is 5.97. The molecule has 0 saturated carbocycles. The Labute approximate surface area is 110 Å². The van der Waals surface area contributed by atoms with Gasteiger partial charge in [-0.25, -0.2) is 13.6 Å². The smallest absolute Gasteiger partial charge is 0.348 e. The van der Waals surface area contributed by atoms with Gasteiger partial charge < -0.3 is 4.74 Å². The van der Waals surface area contributed by atoms with E-state index < -0.39 is 17.6 Å². The van der Waals surface area contributed by atoms with E-state index in [1.807, 2.05) is 6.92 Å². The van der Waals surface area contributed by atoms with Gasteiger partial charge in [-0.1, -0.05) is 13.3 Å². The summed E-state index contributed by atoms with van der Waals surface area (Å²) in [7, 11) is 0. The number of benzene rings is 1. The second kappa shape index (κ2) is 7.27. The average Bonchev–Trinajstić information content (AvgIpc) is 2.38. The highest BCUT2D eigenvalue weighted by atomic mass is 19.1. The molecule has 0 N–H and O–H groups in total. The lowest BCUT2D eigenvalue weighted by atomic mass is 10.1. The number of esters is 1. The number of carbonyl (C=O) groups is 1. The van der Waals surface area contributed by atoms with E-state index >= 15 is 0 Å². The molecule has 3 nitrogen and oxygen atoms in total. The Bertz CT molecular complexity index is 533. The fraction of sp³-hybridized carbons (Fsp3) is 0.286. The standard InChI is InChI=1S/C14H13F2NO2/c1-2-3-6-19-14(18)11(9-17)7-10-4-5-12(15)8-13(10)16/h4-5,7-8H,2-3,6H2,1H3/b11-7-. The van der Waals surface area contributed by atoms with Gasteiger partial charge in [0.15, 0.2) is 0 Å². The summed E-state index contributed by atoms with van der Waals surface area (Å²) in [6.45, 7) is 2.14. The Balaban J connectivity index is 2.87.